The largest absolute Gasteiger partial charge is 0.497 e. The first-order valence-corrected chi connectivity index (χ1v) is 9.45. The minimum atomic E-state index is -0.625. The van der Waals surface area contributed by atoms with Crippen molar-refractivity contribution in [1.29, 1.82) is 0 Å². The van der Waals surface area contributed by atoms with Crippen LogP contribution in [0.25, 0.3) is 0 Å². The predicted molar refractivity (Wildman–Crippen MR) is 111 cm³/mol. The van der Waals surface area contributed by atoms with E-state index in [1.807, 2.05) is 49.4 Å². The number of ether oxygens (including phenoxy) is 3. The topological polar surface area (TPSA) is 56.8 Å². The van der Waals surface area contributed by atoms with E-state index in [1.54, 1.807) is 21.1 Å². The lowest BCUT2D eigenvalue weighted by Crippen LogP contribution is -2.37. The quantitative estimate of drug-likeness (QED) is 0.754. The summed E-state index contributed by atoms with van der Waals surface area (Å²) in [7, 11) is 3.21. The number of hydrogen-bond donors (Lipinski definition) is 1. The van der Waals surface area contributed by atoms with Crippen molar-refractivity contribution >= 4 is 5.91 Å². The van der Waals surface area contributed by atoms with E-state index < -0.39 is 6.10 Å². The Morgan fingerprint density at radius 3 is 2.07 bits per heavy atom. The molecule has 0 radical (unpaired) electrons. The Kier molecular flexibility index (Phi) is 6.95. The maximum atomic E-state index is 12.6. The molecule has 0 spiro atoms. The van der Waals surface area contributed by atoms with E-state index in [1.165, 1.54) is 5.56 Å². The monoisotopic (exact) mass is 385 g/mol. The Balaban J connectivity index is 2.04. The van der Waals surface area contributed by atoms with Crippen LogP contribution in [0.15, 0.2) is 42.5 Å². The van der Waals surface area contributed by atoms with Gasteiger partial charge in [0, 0.05) is 5.56 Å². The van der Waals surface area contributed by atoms with Gasteiger partial charge < -0.3 is 19.5 Å². The molecule has 2 atom stereocenters. The van der Waals surface area contributed by atoms with Crippen LogP contribution in [-0.2, 0) is 10.2 Å². The van der Waals surface area contributed by atoms with E-state index in [-0.39, 0.29) is 17.4 Å². The number of rotatable bonds is 7. The van der Waals surface area contributed by atoms with E-state index >= 15 is 0 Å². The highest BCUT2D eigenvalue weighted by Gasteiger charge is 2.21. The summed E-state index contributed by atoms with van der Waals surface area (Å²) in [5, 5.41) is 2.98. The van der Waals surface area contributed by atoms with E-state index in [9.17, 15) is 4.79 Å². The highest BCUT2D eigenvalue weighted by molar-refractivity contribution is 5.81. The maximum absolute atomic E-state index is 12.6. The van der Waals surface area contributed by atoms with Crippen molar-refractivity contribution in [2.45, 2.75) is 52.2 Å². The number of carbonyl (C=O) groups excluding carboxylic acids is 1. The molecule has 1 N–H and O–H groups in total. The van der Waals surface area contributed by atoms with Gasteiger partial charge in [-0.1, -0.05) is 32.9 Å². The maximum Gasteiger partial charge on any atom is 0.261 e. The highest BCUT2D eigenvalue weighted by atomic mass is 16.5. The molecule has 0 aromatic heterocycles. The van der Waals surface area contributed by atoms with Crippen molar-refractivity contribution in [1.82, 2.24) is 5.32 Å². The first kappa shape index (κ1) is 21.6. The molecule has 0 bridgehead atoms. The summed E-state index contributed by atoms with van der Waals surface area (Å²) in [6.07, 6.45) is -0.625. The zero-order valence-corrected chi connectivity index (χ0v) is 17.8. The van der Waals surface area contributed by atoms with E-state index in [4.69, 9.17) is 14.2 Å². The smallest absolute Gasteiger partial charge is 0.261 e. The van der Waals surface area contributed by atoms with Crippen LogP contribution in [0.5, 0.6) is 17.2 Å². The zero-order valence-electron chi connectivity index (χ0n) is 17.8. The second-order valence-electron chi connectivity index (χ2n) is 7.87. The van der Waals surface area contributed by atoms with Crippen molar-refractivity contribution in [3.05, 3.63) is 53.6 Å². The molecule has 5 nitrogen and oxygen atoms in total. The van der Waals surface area contributed by atoms with Crippen LogP contribution < -0.4 is 19.5 Å². The summed E-state index contributed by atoms with van der Waals surface area (Å²) < 4.78 is 16.5. The SMILES string of the molecule is COc1ccc(OC)c([C@H](C)NC(=O)[C@H](C)Oc2ccc(C(C)(C)C)cc2)c1. The summed E-state index contributed by atoms with van der Waals surface area (Å²) in [6, 6.07) is 13.1. The van der Waals surface area contributed by atoms with Crippen molar-refractivity contribution < 1.29 is 19.0 Å². The molecule has 0 fully saturated rings. The lowest BCUT2D eigenvalue weighted by molar-refractivity contribution is -0.127. The van der Waals surface area contributed by atoms with Crippen LogP contribution in [0.2, 0.25) is 0 Å². The molecule has 0 aliphatic rings. The van der Waals surface area contributed by atoms with Crippen molar-refractivity contribution in [3.8, 4) is 17.2 Å². The van der Waals surface area contributed by atoms with Gasteiger partial charge >= 0.3 is 0 Å². The Morgan fingerprint density at radius 2 is 1.54 bits per heavy atom. The summed E-state index contributed by atoms with van der Waals surface area (Å²) >= 11 is 0. The fourth-order valence-corrected chi connectivity index (χ4v) is 2.88. The third-order valence-corrected chi connectivity index (χ3v) is 4.66. The first-order valence-electron chi connectivity index (χ1n) is 9.45. The van der Waals surface area contributed by atoms with Crippen LogP contribution in [-0.4, -0.2) is 26.2 Å². The molecular formula is C23H31NO4. The summed E-state index contributed by atoms with van der Waals surface area (Å²) in [4.78, 5) is 12.6. The average Bonchev–Trinajstić information content (AvgIpc) is 2.66. The number of carbonyl (C=O) groups is 1. The van der Waals surface area contributed by atoms with E-state index in [0.29, 0.717) is 17.2 Å². The number of amides is 1. The lowest BCUT2D eigenvalue weighted by Gasteiger charge is -2.22. The highest BCUT2D eigenvalue weighted by Crippen LogP contribution is 2.29. The minimum Gasteiger partial charge on any atom is -0.497 e. The summed E-state index contributed by atoms with van der Waals surface area (Å²) in [5.74, 6) is 1.87. The molecule has 0 aliphatic carbocycles. The minimum absolute atomic E-state index is 0.0761. The van der Waals surface area contributed by atoms with Gasteiger partial charge in [-0.3, -0.25) is 4.79 Å². The van der Waals surface area contributed by atoms with Crippen molar-refractivity contribution in [2.24, 2.45) is 0 Å². The summed E-state index contributed by atoms with van der Waals surface area (Å²) in [6.45, 7) is 10.1. The second-order valence-corrected chi connectivity index (χ2v) is 7.87. The van der Waals surface area contributed by atoms with Crippen LogP contribution in [0.4, 0.5) is 0 Å². The fourth-order valence-electron chi connectivity index (χ4n) is 2.88. The van der Waals surface area contributed by atoms with Gasteiger partial charge in [0.2, 0.25) is 0 Å². The Morgan fingerprint density at radius 1 is 0.929 bits per heavy atom. The third kappa shape index (κ3) is 5.41. The molecule has 5 heteroatoms. The van der Waals surface area contributed by atoms with Crippen LogP contribution in [0.1, 0.15) is 51.8 Å². The molecule has 0 aliphatic heterocycles. The second kappa shape index (κ2) is 9.00. The van der Waals surface area contributed by atoms with Crippen molar-refractivity contribution in [3.63, 3.8) is 0 Å². The lowest BCUT2D eigenvalue weighted by atomic mass is 9.87. The fraction of sp³-hybridized carbons (Fsp3) is 0.435. The Hall–Kier alpha value is -2.69. The molecule has 2 aromatic rings. The molecule has 0 heterocycles. The van der Waals surface area contributed by atoms with Gasteiger partial charge in [-0.15, -0.1) is 0 Å². The molecule has 152 valence electrons. The van der Waals surface area contributed by atoms with Crippen LogP contribution in [0, 0.1) is 0 Å². The zero-order chi connectivity index (χ0) is 20.9. The summed E-state index contributed by atoms with van der Waals surface area (Å²) in [5.41, 5.74) is 2.14. The van der Waals surface area contributed by atoms with Crippen molar-refractivity contribution in [2.75, 3.05) is 14.2 Å². The Labute approximate surface area is 168 Å². The third-order valence-electron chi connectivity index (χ3n) is 4.66. The standard InChI is InChI=1S/C23H31NO4/c1-15(20-14-19(26-6)12-13-21(20)27-7)24-22(25)16(2)28-18-10-8-17(9-11-18)23(3,4)5/h8-16H,1-7H3,(H,24,25)/t15-,16-/m0/s1. The average molecular weight is 386 g/mol. The molecule has 1 amide bonds. The number of benzene rings is 2. The van der Waals surface area contributed by atoms with Gasteiger partial charge in [-0.05, 0) is 55.2 Å². The number of nitrogens with one attached hydrogen (secondary N) is 1. The van der Waals surface area contributed by atoms with E-state index in [0.717, 1.165) is 5.56 Å². The van der Waals surface area contributed by atoms with Crippen LogP contribution in [0.3, 0.4) is 0 Å². The number of methoxy groups -OCH3 is 2. The van der Waals surface area contributed by atoms with Gasteiger partial charge in [0.1, 0.15) is 17.2 Å². The predicted octanol–water partition coefficient (Wildman–Crippen LogP) is 4.65. The molecule has 0 saturated heterocycles. The van der Waals surface area contributed by atoms with Gasteiger partial charge in [0.05, 0.1) is 20.3 Å². The number of hydrogen-bond acceptors (Lipinski definition) is 4. The Bertz CT molecular complexity index is 793. The van der Waals surface area contributed by atoms with Gasteiger partial charge in [0.15, 0.2) is 6.10 Å². The van der Waals surface area contributed by atoms with E-state index in [2.05, 4.69) is 26.1 Å². The van der Waals surface area contributed by atoms with Gasteiger partial charge in [0.25, 0.3) is 5.91 Å². The van der Waals surface area contributed by atoms with Gasteiger partial charge in [-0.25, -0.2) is 0 Å². The molecule has 0 saturated carbocycles. The molecule has 2 aromatic carbocycles. The molecular weight excluding hydrogens is 354 g/mol. The molecule has 28 heavy (non-hydrogen) atoms. The normalized spacial score (nSPS) is 13.4. The first-order chi connectivity index (χ1) is 13.2. The van der Waals surface area contributed by atoms with Crippen LogP contribution >= 0.6 is 0 Å². The van der Waals surface area contributed by atoms with Gasteiger partial charge in [-0.2, -0.15) is 0 Å². The molecule has 0 unspecified atom stereocenters. The molecule has 2 rings (SSSR count).